The smallest absolute Gasteiger partial charge is 0.0142 e. The van der Waals surface area contributed by atoms with E-state index in [-0.39, 0.29) is 0 Å². The Balaban J connectivity index is 1.39. The van der Waals surface area contributed by atoms with Gasteiger partial charge in [0.05, 0.1) is 0 Å². The molecule has 3 spiro atoms. The van der Waals surface area contributed by atoms with Gasteiger partial charge in [-0.25, -0.2) is 0 Å². The molecule has 8 fully saturated rings. The summed E-state index contributed by atoms with van der Waals surface area (Å²) in [5.41, 5.74) is 2.71. The minimum atomic E-state index is 0.884. The van der Waals surface area contributed by atoms with Gasteiger partial charge in [-0.1, -0.05) is 6.92 Å². The molecule has 0 nitrogen and oxygen atoms in total. The van der Waals surface area contributed by atoms with E-state index in [2.05, 4.69) is 6.92 Å². The van der Waals surface area contributed by atoms with E-state index in [0.717, 1.165) is 22.2 Å². The van der Waals surface area contributed by atoms with E-state index in [1.54, 1.807) is 51.4 Å². The van der Waals surface area contributed by atoms with Crippen LogP contribution in [0.1, 0.15) is 58.3 Å². The molecule has 0 N–H and O–H groups in total. The zero-order valence-corrected chi connectivity index (χ0v) is 13.4. The molecule has 8 saturated carbocycles. The molecular formula is C21H28. The van der Waals surface area contributed by atoms with Crippen LogP contribution in [0.3, 0.4) is 0 Å². The van der Waals surface area contributed by atoms with Gasteiger partial charge in [-0.05, 0) is 121 Å². The summed E-state index contributed by atoms with van der Waals surface area (Å²) in [6, 6.07) is 0. The van der Waals surface area contributed by atoms with Gasteiger partial charge < -0.3 is 0 Å². The van der Waals surface area contributed by atoms with Gasteiger partial charge >= 0.3 is 0 Å². The summed E-state index contributed by atoms with van der Waals surface area (Å²) < 4.78 is 0. The fourth-order valence-electron chi connectivity index (χ4n) is 10.9. The Morgan fingerprint density at radius 1 is 0.667 bits per heavy atom. The Morgan fingerprint density at radius 3 is 2.05 bits per heavy atom. The maximum absolute atomic E-state index is 2.74. The summed E-state index contributed by atoms with van der Waals surface area (Å²) in [7, 11) is 0. The first kappa shape index (κ1) is 10.7. The molecule has 8 aliphatic rings. The van der Waals surface area contributed by atoms with E-state index in [9.17, 15) is 0 Å². The Morgan fingerprint density at radius 2 is 1.38 bits per heavy atom. The summed E-state index contributed by atoms with van der Waals surface area (Å²) >= 11 is 0. The van der Waals surface area contributed by atoms with Crippen molar-refractivity contribution in [2.24, 2.45) is 69.5 Å². The van der Waals surface area contributed by atoms with Gasteiger partial charge in [0.25, 0.3) is 0 Å². The predicted molar refractivity (Wildman–Crippen MR) is 81.3 cm³/mol. The quantitative estimate of drug-likeness (QED) is 0.601. The molecule has 0 saturated heterocycles. The molecular weight excluding hydrogens is 252 g/mol. The number of hydrogen-bond donors (Lipinski definition) is 0. The van der Waals surface area contributed by atoms with E-state index < -0.39 is 0 Å². The molecule has 112 valence electrons. The van der Waals surface area contributed by atoms with Crippen molar-refractivity contribution < 1.29 is 0 Å². The first-order valence-electron chi connectivity index (χ1n) is 10.2. The van der Waals surface area contributed by atoms with Crippen molar-refractivity contribution >= 4 is 0 Å². The Bertz CT molecular complexity index is 607. The fourth-order valence-corrected chi connectivity index (χ4v) is 10.9. The van der Waals surface area contributed by atoms with Crippen molar-refractivity contribution in [3.8, 4) is 0 Å². The van der Waals surface area contributed by atoms with Crippen LogP contribution in [0.25, 0.3) is 0 Å². The summed E-state index contributed by atoms with van der Waals surface area (Å²) in [5, 5.41) is 0. The first-order chi connectivity index (χ1) is 10.2. The van der Waals surface area contributed by atoms with Crippen LogP contribution in [0.4, 0.5) is 0 Å². The summed E-state index contributed by atoms with van der Waals surface area (Å²) in [6.07, 6.45) is 13.5. The highest BCUT2D eigenvalue weighted by Gasteiger charge is 2.90. The Labute approximate surface area is 128 Å². The second-order valence-electron chi connectivity index (χ2n) is 11.2. The van der Waals surface area contributed by atoms with E-state index in [4.69, 9.17) is 0 Å². The normalized spacial score (nSPS) is 83.0. The van der Waals surface area contributed by atoms with Crippen molar-refractivity contribution in [1.82, 2.24) is 0 Å². The highest BCUT2D eigenvalue weighted by atomic mass is 14.9. The summed E-state index contributed by atoms with van der Waals surface area (Å²) in [5.74, 6) is 10.8. The second-order valence-corrected chi connectivity index (χ2v) is 11.2. The van der Waals surface area contributed by atoms with E-state index in [1.165, 1.54) is 47.3 Å². The number of rotatable bonds is 0. The summed E-state index contributed by atoms with van der Waals surface area (Å²) in [4.78, 5) is 0. The van der Waals surface area contributed by atoms with Crippen LogP contribution in [-0.2, 0) is 0 Å². The lowest BCUT2D eigenvalue weighted by Crippen LogP contribution is -2.57. The molecule has 12 atom stereocenters. The molecule has 0 aliphatic heterocycles. The zero-order valence-electron chi connectivity index (χ0n) is 13.4. The highest BCUT2D eigenvalue weighted by molar-refractivity contribution is 5.38. The van der Waals surface area contributed by atoms with Crippen molar-refractivity contribution in [3.05, 3.63) is 0 Å². The number of hydrogen-bond acceptors (Lipinski definition) is 0. The largest absolute Gasteiger partial charge is 0.0617 e. The van der Waals surface area contributed by atoms with Crippen LogP contribution in [0, 0.1) is 69.5 Å². The zero-order chi connectivity index (χ0) is 13.4. The monoisotopic (exact) mass is 280 g/mol. The molecule has 8 rings (SSSR count). The maximum atomic E-state index is 2.74. The molecule has 0 bridgehead atoms. The van der Waals surface area contributed by atoms with Crippen LogP contribution in [0.5, 0.6) is 0 Å². The molecule has 12 unspecified atom stereocenters. The molecule has 0 aromatic carbocycles. The molecule has 0 aromatic heterocycles. The summed E-state index contributed by atoms with van der Waals surface area (Å²) in [6.45, 7) is 2.74. The molecule has 0 amide bonds. The van der Waals surface area contributed by atoms with Gasteiger partial charge in [0.1, 0.15) is 0 Å². The number of fused-ring (bicyclic) bond motifs is 9. The average molecular weight is 280 g/mol. The lowest BCUT2D eigenvalue weighted by atomic mass is 9.41. The van der Waals surface area contributed by atoms with Gasteiger partial charge in [0.2, 0.25) is 0 Å². The van der Waals surface area contributed by atoms with Crippen LogP contribution >= 0.6 is 0 Å². The van der Waals surface area contributed by atoms with Crippen LogP contribution < -0.4 is 0 Å². The van der Waals surface area contributed by atoms with Gasteiger partial charge in [-0.2, -0.15) is 0 Å². The van der Waals surface area contributed by atoms with Gasteiger partial charge in [0, 0.05) is 0 Å². The van der Waals surface area contributed by atoms with Crippen LogP contribution in [-0.4, -0.2) is 0 Å². The molecule has 0 heteroatoms. The lowest BCUT2D eigenvalue weighted by molar-refractivity contribution is -0.154. The minimum absolute atomic E-state index is 0.884. The Kier molecular flexibility index (Phi) is 1.31. The van der Waals surface area contributed by atoms with Crippen molar-refractivity contribution in [1.29, 1.82) is 0 Å². The third kappa shape index (κ3) is 0.800. The van der Waals surface area contributed by atoms with Gasteiger partial charge in [-0.15, -0.1) is 0 Å². The van der Waals surface area contributed by atoms with E-state index in [1.807, 2.05) is 0 Å². The van der Waals surface area contributed by atoms with E-state index in [0.29, 0.717) is 0 Å². The van der Waals surface area contributed by atoms with Crippen molar-refractivity contribution in [2.75, 3.05) is 0 Å². The standard InChI is InChI=1S/C21H28/c1-10-15-2-11(15)8-20(10)17-4-14(17)9-21(20)18-5-13(18)7-19(21)6-12-3-16(12)19/h10-18H,2-9H2,1H3. The second kappa shape index (κ2) is 2.57. The highest BCUT2D eigenvalue weighted by Crippen LogP contribution is 2.96. The van der Waals surface area contributed by atoms with Gasteiger partial charge in [0.15, 0.2) is 0 Å². The van der Waals surface area contributed by atoms with Crippen molar-refractivity contribution in [3.63, 3.8) is 0 Å². The predicted octanol–water partition coefficient (Wildman–Crippen LogP) is 4.74. The maximum Gasteiger partial charge on any atom is -0.0142 e. The SMILES string of the molecule is CC1C2CC2CC12C1CC1CC21C2CC2CC12CC1CC12. The molecule has 0 aromatic rings. The molecule has 21 heavy (non-hydrogen) atoms. The van der Waals surface area contributed by atoms with Crippen LogP contribution in [0.2, 0.25) is 0 Å². The Hall–Kier alpha value is 0. The third-order valence-electron chi connectivity index (χ3n) is 11.4. The van der Waals surface area contributed by atoms with Gasteiger partial charge in [-0.3, -0.25) is 0 Å². The lowest BCUT2D eigenvalue weighted by Gasteiger charge is -2.63. The van der Waals surface area contributed by atoms with E-state index >= 15 is 0 Å². The first-order valence-corrected chi connectivity index (χ1v) is 10.2. The minimum Gasteiger partial charge on any atom is -0.0617 e. The van der Waals surface area contributed by atoms with Crippen LogP contribution in [0.15, 0.2) is 0 Å². The molecule has 0 radical (unpaired) electrons. The van der Waals surface area contributed by atoms with Crippen molar-refractivity contribution in [2.45, 2.75) is 58.3 Å². The third-order valence-corrected chi connectivity index (χ3v) is 11.4. The fraction of sp³-hybridized carbons (Fsp3) is 1.00. The molecule has 0 heterocycles. The molecule has 8 aliphatic carbocycles. The topological polar surface area (TPSA) is 0 Å². The average Bonchev–Trinajstić information content (AvgIpc) is 3.27.